The van der Waals surface area contributed by atoms with E-state index in [1.54, 1.807) is 13.8 Å². The highest BCUT2D eigenvalue weighted by Gasteiger charge is 2.53. The molecule has 0 amide bonds. The Bertz CT molecular complexity index is 491. The molecule has 0 N–H and O–H groups in total. The summed E-state index contributed by atoms with van der Waals surface area (Å²) in [5.41, 5.74) is -1.35. The maximum Gasteiger partial charge on any atom is 0.303 e. The van der Waals surface area contributed by atoms with E-state index in [4.69, 9.17) is 23.7 Å². The van der Waals surface area contributed by atoms with Crippen molar-refractivity contribution >= 4 is 17.9 Å². The fourth-order valence-corrected chi connectivity index (χ4v) is 2.83. The number of carbonyl (C=O) groups excluding carboxylic acids is 3. The Kier molecular flexibility index (Phi) is 7.82. The van der Waals surface area contributed by atoms with Crippen LogP contribution >= 0.6 is 0 Å². The van der Waals surface area contributed by atoms with Gasteiger partial charge in [0.05, 0.1) is 6.61 Å². The van der Waals surface area contributed by atoms with Gasteiger partial charge in [0.15, 0.2) is 18.0 Å². The van der Waals surface area contributed by atoms with Crippen molar-refractivity contribution in [2.45, 2.75) is 84.6 Å². The van der Waals surface area contributed by atoms with E-state index in [2.05, 4.69) is 0 Å². The molecule has 0 aromatic rings. The van der Waals surface area contributed by atoms with E-state index in [1.807, 2.05) is 6.92 Å². The zero-order valence-electron chi connectivity index (χ0n) is 15.7. The highest BCUT2D eigenvalue weighted by molar-refractivity contribution is 5.68. The molecule has 144 valence electrons. The van der Waals surface area contributed by atoms with Gasteiger partial charge in [-0.3, -0.25) is 14.4 Å². The van der Waals surface area contributed by atoms with Crippen LogP contribution in [0.2, 0.25) is 0 Å². The summed E-state index contributed by atoms with van der Waals surface area (Å²) in [6.07, 6.45) is -1.55. The highest BCUT2D eigenvalue weighted by atomic mass is 16.7. The van der Waals surface area contributed by atoms with E-state index < -0.39 is 48.1 Å². The van der Waals surface area contributed by atoms with Crippen molar-refractivity contribution in [1.82, 2.24) is 0 Å². The lowest BCUT2D eigenvalue weighted by atomic mass is 9.88. The molecule has 0 saturated carbocycles. The van der Waals surface area contributed by atoms with E-state index in [1.165, 1.54) is 20.8 Å². The van der Waals surface area contributed by atoms with E-state index in [9.17, 15) is 14.4 Å². The van der Waals surface area contributed by atoms with Crippen LogP contribution in [-0.4, -0.2) is 54.7 Å². The summed E-state index contributed by atoms with van der Waals surface area (Å²) in [5, 5.41) is 0. The second kappa shape index (κ2) is 9.15. The third-order valence-electron chi connectivity index (χ3n) is 4.00. The average Bonchev–Trinajstić information content (AvgIpc) is 2.47. The molecular formula is C17H28O8. The van der Waals surface area contributed by atoms with Crippen molar-refractivity contribution in [3.63, 3.8) is 0 Å². The topological polar surface area (TPSA) is 97.4 Å². The summed E-state index contributed by atoms with van der Waals surface area (Å²) in [4.78, 5) is 34.5. The summed E-state index contributed by atoms with van der Waals surface area (Å²) < 4.78 is 27.5. The molecule has 1 heterocycles. The summed E-state index contributed by atoms with van der Waals surface area (Å²) >= 11 is 0. The maximum atomic E-state index is 11.7. The molecule has 8 nitrogen and oxygen atoms in total. The molecule has 0 aliphatic carbocycles. The van der Waals surface area contributed by atoms with Gasteiger partial charge in [-0.25, -0.2) is 0 Å². The maximum absolute atomic E-state index is 11.7. The lowest BCUT2D eigenvalue weighted by Crippen LogP contribution is -2.63. The van der Waals surface area contributed by atoms with E-state index in [0.717, 1.165) is 6.42 Å². The SMILES string of the molecule is CCC[C@H]1OC[C@H](OC(C)=O)[C@@H]([C@](C)(OC(C)=O)[C@H](C)OC(C)=O)O1. The van der Waals surface area contributed by atoms with Crippen molar-refractivity contribution in [3.8, 4) is 0 Å². The third-order valence-corrected chi connectivity index (χ3v) is 4.00. The first-order valence-corrected chi connectivity index (χ1v) is 8.41. The first kappa shape index (κ1) is 21.4. The highest BCUT2D eigenvalue weighted by Crippen LogP contribution is 2.33. The van der Waals surface area contributed by atoms with Crippen molar-refractivity contribution < 1.29 is 38.1 Å². The van der Waals surface area contributed by atoms with Gasteiger partial charge in [0.2, 0.25) is 0 Å². The Labute approximate surface area is 148 Å². The molecule has 1 aliphatic heterocycles. The van der Waals surface area contributed by atoms with Crippen LogP contribution in [0.5, 0.6) is 0 Å². The third kappa shape index (κ3) is 5.97. The van der Waals surface area contributed by atoms with Crippen molar-refractivity contribution in [3.05, 3.63) is 0 Å². The van der Waals surface area contributed by atoms with Gasteiger partial charge in [-0.15, -0.1) is 0 Å². The molecular weight excluding hydrogens is 332 g/mol. The van der Waals surface area contributed by atoms with Gasteiger partial charge in [0.1, 0.15) is 12.2 Å². The molecule has 0 unspecified atom stereocenters. The fourth-order valence-electron chi connectivity index (χ4n) is 2.83. The quantitative estimate of drug-likeness (QED) is 0.500. The minimum absolute atomic E-state index is 0.0958. The normalized spacial score (nSPS) is 26.9. The molecule has 1 rings (SSSR count). The Morgan fingerprint density at radius 1 is 1.16 bits per heavy atom. The molecule has 1 saturated heterocycles. The lowest BCUT2D eigenvalue weighted by molar-refractivity contribution is -0.305. The average molecular weight is 360 g/mol. The summed E-state index contributed by atoms with van der Waals surface area (Å²) in [7, 11) is 0. The second-order valence-electron chi connectivity index (χ2n) is 6.29. The van der Waals surface area contributed by atoms with Crippen LogP contribution in [0, 0.1) is 0 Å². The summed E-state index contributed by atoms with van der Waals surface area (Å²) in [6.45, 7) is 9.06. The minimum atomic E-state index is -1.35. The van der Waals surface area contributed by atoms with Crippen molar-refractivity contribution in [2.75, 3.05) is 6.61 Å². The van der Waals surface area contributed by atoms with Gasteiger partial charge in [-0.05, 0) is 20.3 Å². The Hall–Kier alpha value is -1.67. The largest absolute Gasteiger partial charge is 0.458 e. The van der Waals surface area contributed by atoms with E-state index >= 15 is 0 Å². The molecule has 0 aromatic heterocycles. The lowest BCUT2D eigenvalue weighted by Gasteiger charge is -2.46. The molecule has 1 aliphatic rings. The molecule has 0 aromatic carbocycles. The number of hydrogen-bond acceptors (Lipinski definition) is 8. The van der Waals surface area contributed by atoms with Gasteiger partial charge in [0.25, 0.3) is 0 Å². The second-order valence-corrected chi connectivity index (χ2v) is 6.29. The van der Waals surface area contributed by atoms with Crippen LogP contribution in [0.1, 0.15) is 54.4 Å². The molecule has 25 heavy (non-hydrogen) atoms. The van der Waals surface area contributed by atoms with Gasteiger partial charge >= 0.3 is 17.9 Å². The minimum Gasteiger partial charge on any atom is -0.458 e. The van der Waals surface area contributed by atoms with Crippen LogP contribution in [0.4, 0.5) is 0 Å². The molecule has 5 atom stereocenters. The van der Waals surface area contributed by atoms with Crippen LogP contribution in [0.25, 0.3) is 0 Å². The monoisotopic (exact) mass is 360 g/mol. The Balaban J connectivity index is 3.18. The number of esters is 3. The van der Waals surface area contributed by atoms with E-state index in [-0.39, 0.29) is 6.61 Å². The molecule has 1 fully saturated rings. The van der Waals surface area contributed by atoms with Crippen LogP contribution in [-0.2, 0) is 38.1 Å². The van der Waals surface area contributed by atoms with Gasteiger partial charge in [-0.2, -0.15) is 0 Å². The molecule has 0 spiro atoms. The smallest absolute Gasteiger partial charge is 0.303 e. The van der Waals surface area contributed by atoms with Crippen molar-refractivity contribution in [1.29, 1.82) is 0 Å². The summed E-state index contributed by atoms with van der Waals surface area (Å²) in [5.74, 6) is -1.60. The number of ether oxygens (including phenoxy) is 5. The van der Waals surface area contributed by atoms with Crippen LogP contribution in [0.3, 0.4) is 0 Å². The van der Waals surface area contributed by atoms with Crippen LogP contribution in [0.15, 0.2) is 0 Å². The first-order chi connectivity index (χ1) is 11.6. The zero-order valence-corrected chi connectivity index (χ0v) is 15.7. The first-order valence-electron chi connectivity index (χ1n) is 8.41. The fraction of sp³-hybridized carbons (Fsp3) is 0.824. The number of carbonyl (C=O) groups is 3. The molecule has 0 bridgehead atoms. The predicted molar refractivity (Wildman–Crippen MR) is 86.5 cm³/mol. The summed E-state index contributed by atoms with van der Waals surface area (Å²) in [6, 6.07) is 0. The van der Waals surface area contributed by atoms with Gasteiger partial charge < -0.3 is 23.7 Å². The van der Waals surface area contributed by atoms with E-state index in [0.29, 0.717) is 6.42 Å². The molecule has 0 radical (unpaired) electrons. The predicted octanol–water partition coefficient (Wildman–Crippen LogP) is 1.73. The van der Waals surface area contributed by atoms with Crippen molar-refractivity contribution in [2.24, 2.45) is 0 Å². The standard InChI is InChI=1S/C17H28O8/c1-7-8-15-21-9-14(23-12(4)19)16(24-15)17(6,25-13(5)20)10(2)22-11(3)18/h10,14-16H,7-9H2,1-6H3/t10-,14-,15-,16-,17+/m0/s1. The number of rotatable bonds is 7. The Morgan fingerprint density at radius 3 is 2.28 bits per heavy atom. The van der Waals surface area contributed by atoms with Crippen LogP contribution < -0.4 is 0 Å². The number of hydrogen-bond donors (Lipinski definition) is 0. The zero-order chi connectivity index (χ0) is 19.2. The van der Waals surface area contributed by atoms with Gasteiger partial charge in [-0.1, -0.05) is 13.3 Å². The van der Waals surface area contributed by atoms with Gasteiger partial charge in [0, 0.05) is 20.8 Å². The molecule has 8 heteroatoms. The Morgan fingerprint density at radius 2 is 1.80 bits per heavy atom.